The summed E-state index contributed by atoms with van der Waals surface area (Å²) in [6, 6.07) is 0.478. The van der Waals surface area contributed by atoms with Gasteiger partial charge in [0.1, 0.15) is 6.61 Å². The van der Waals surface area contributed by atoms with Gasteiger partial charge in [0.25, 0.3) is 0 Å². The minimum absolute atomic E-state index is 0.134. The van der Waals surface area contributed by atoms with Crippen molar-refractivity contribution < 1.29 is 17.9 Å². The van der Waals surface area contributed by atoms with Crippen LogP contribution in [0.4, 0.5) is 13.2 Å². The zero-order valence-electron chi connectivity index (χ0n) is 12.6. The topological polar surface area (TPSA) is 24.5 Å². The van der Waals surface area contributed by atoms with E-state index in [1.54, 1.807) is 0 Å². The van der Waals surface area contributed by atoms with E-state index in [2.05, 4.69) is 17.1 Å². The highest BCUT2D eigenvalue weighted by Crippen LogP contribution is 2.44. The Kier molecular flexibility index (Phi) is 4.23. The highest BCUT2D eigenvalue weighted by molar-refractivity contribution is 5.06. The average Bonchev–Trinajstić information content (AvgIpc) is 3.27. The normalized spacial score (nSPS) is 35.1. The maximum Gasteiger partial charge on any atom is 0.411 e. The fraction of sp³-hybridized carbons (Fsp3) is 1.00. The summed E-state index contributed by atoms with van der Waals surface area (Å²) < 4.78 is 41.2. The predicted octanol–water partition coefficient (Wildman–Crippen LogP) is 2.42. The van der Waals surface area contributed by atoms with E-state index in [1.165, 1.54) is 25.7 Å². The summed E-state index contributed by atoms with van der Waals surface area (Å²) in [4.78, 5) is 2.38. The van der Waals surface area contributed by atoms with E-state index in [4.69, 9.17) is 4.74 Å². The van der Waals surface area contributed by atoms with Gasteiger partial charge in [-0.3, -0.25) is 4.90 Å². The van der Waals surface area contributed by atoms with Gasteiger partial charge in [-0.1, -0.05) is 0 Å². The Morgan fingerprint density at radius 1 is 1.24 bits per heavy atom. The largest absolute Gasteiger partial charge is 0.411 e. The molecule has 0 spiro atoms. The van der Waals surface area contributed by atoms with Crippen LogP contribution in [0.1, 0.15) is 32.6 Å². The lowest BCUT2D eigenvalue weighted by molar-refractivity contribution is -0.175. The van der Waals surface area contributed by atoms with E-state index in [9.17, 15) is 13.2 Å². The summed E-state index contributed by atoms with van der Waals surface area (Å²) in [6.07, 6.45) is 0.840. The Hall–Kier alpha value is -0.330. The minimum atomic E-state index is -4.22. The fourth-order valence-corrected chi connectivity index (χ4v) is 3.62. The molecule has 1 N–H and O–H groups in total. The second-order valence-electron chi connectivity index (χ2n) is 7.12. The number of rotatable bonds is 6. The SMILES string of the molecule is CC1(C2CC2)CN(CCOCC(F)(F)F)C(C2CC2)CN1. The van der Waals surface area contributed by atoms with Crippen molar-refractivity contribution in [1.82, 2.24) is 10.2 Å². The zero-order chi connectivity index (χ0) is 15.1. The first-order valence-corrected chi connectivity index (χ1v) is 8.01. The summed E-state index contributed by atoms with van der Waals surface area (Å²) in [5.41, 5.74) is 0.134. The quantitative estimate of drug-likeness (QED) is 0.763. The highest BCUT2D eigenvalue weighted by Gasteiger charge is 2.48. The molecule has 21 heavy (non-hydrogen) atoms. The second kappa shape index (κ2) is 5.70. The Balaban J connectivity index is 1.51. The van der Waals surface area contributed by atoms with Crippen molar-refractivity contribution in [3.8, 4) is 0 Å². The standard InChI is InChI=1S/C15H25F3N2O/c1-14(12-4-5-12)9-20(6-7-21-10-15(16,17)18)13(8-19-14)11-2-3-11/h11-13,19H,2-10H2,1H3. The minimum Gasteiger partial charge on any atom is -0.371 e. The fourth-order valence-electron chi connectivity index (χ4n) is 3.62. The molecule has 0 aromatic heterocycles. The monoisotopic (exact) mass is 306 g/mol. The van der Waals surface area contributed by atoms with Crippen LogP contribution in [0.15, 0.2) is 0 Å². The molecule has 1 heterocycles. The molecular formula is C15H25F3N2O. The lowest BCUT2D eigenvalue weighted by Gasteiger charge is -2.47. The van der Waals surface area contributed by atoms with Gasteiger partial charge in [0, 0.05) is 31.2 Å². The number of alkyl halides is 3. The molecule has 2 atom stereocenters. The molecule has 0 bridgehead atoms. The molecule has 3 fully saturated rings. The molecule has 3 rings (SSSR count). The van der Waals surface area contributed by atoms with Gasteiger partial charge >= 0.3 is 6.18 Å². The van der Waals surface area contributed by atoms with E-state index in [0.717, 1.165) is 24.9 Å². The van der Waals surface area contributed by atoms with Crippen LogP contribution in [0.5, 0.6) is 0 Å². The highest BCUT2D eigenvalue weighted by atomic mass is 19.4. The van der Waals surface area contributed by atoms with Gasteiger partial charge in [0.05, 0.1) is 6.61 Å². The van der Waals surface area contributed by atoms with Gasteiger partial charge < -0.3 is 10.1 Å². The molecule has 6 heteroatoms. The van der Waals surface area contributed by atoms with Crippen LogP contribution in [0.25, 0.3) is 0 Å². The van der Waals surface area contributed by atoms with Crippen molar-refractivity contribution in [2.24, 2.45) is 11.8 Å². The Morgan fingerprint density at radius 2 is 1.95 bits per heavy atom. The van der Waals surface area contributed by atoms with Crippen LogP contribution >= 0.6 is 0 Å². The average molecular weight is 306 g/mol. The molecule has 3 nitrogen and oxygen atoms in total. The van der Waals surface area contributed by atoms with Crippen LogP contribution in [-0.4, -0.2) is 55.5 Å². The molecule has 2 aliphatic carbocycles. The summed E-state index contributed by atoms with van der Waals surface area (Å²) in [7, 11) is 0. The molecule has 0 amide bonds. The van der Waals surface area contributed by atoms with Gasteiger partial charge in [-0.25, -0.2) is 0 Å². The molecule has 2 saturated carbocycles. The first-order chi connectivity index (χ1) is 9.87. The molecule has 122 valence electrons. The maximum absolute atomic E-state index is 12.1. The van der Waals surface area contributed by atoms with E-state index in [0.29, 0.717) is 12.6 Å². The summed E-state index contributed by atoms with van der Waals surface area (Å²) >= 11 is 0. The lowest BCUT2D eigenvalue weighted by atomic mass is 9.90. The molecule has 3 aliphatic rings. The van der Waals surface area contributed by atoms with Crippen molar-refractivity contribution in [3.05, 3.63) is 0 Å². The van der Waals surface area contributed by atoms with E-state index >= 15 is 0 Å². The summed E-state index contributed by atoms with van der Waals surface area (Å²) in [6.45, 7) is 3.82. The Labute approximate surface area is 124 Å². The Bertz CT molecular complexity index is 368. The molecule has 0 radical (unpaired) electrons. The van der Waals surface area contributed by atoms with Crippen molar-refractivity contribution in [1.29, 1.82) is 0 Å². The van der Waals surface area contributed by atoms with E-state index < -0.39 is 12.8 Å². The van der Waals surface area contributed by atoms with Crippen LogP contribution in [-0.2, 0) is 4.74 Å². The third kappa shape index (κ3) is 4.11. The van der Waals surface area contributed by atoms with Gasteiger partial charge in [0.15, 0.2) is 0 Å². The Morgan fingerprint density at radius 3 is 2.52 bits per heavy atom. The molecular weight excluding hydrogens is 281 g/mol. The summed E-state index contributed by atoms with van der Waals surface area (Å²) in [5, 5.41) is 3.71. The second-order valence-corrected chi connectivity index (χ2v) is 7.12. The number of piperazine rings is 1. The van der Waals surface area contributed by atoms with Crippen molar-refractivity contribution in [2.45, 2.75) is 50.4 Å². The maximum atomic E-state index is 12.1. The van der Waals surface area contributed by atoms with Crippen LogP contribution < -0.4 is 5.32 Å². The van der Waals surface area contributed by atoms with Crippen LogP contribution in [0.2, 0.25) is 0 Å². The summed E-state index contributed by atoms with van der Waals surface area (Å²) in [5.74, 6) is 1.46. The van der Waals surface area contributed by atoms with Crippen molar-refractivity contribution >= 4 is 0 Å². The number of hydrogen-bond donors (Lipinski definition) is 1. The molecule has 1 saturated heterocycles. The van der Waals surface area contributed by atoms with E-state index in [1.807, 2.05) is 0 Å². The molecule has 0 aromatic rings. The third-order valence-electron chi connectivity index (χ3n) is 5.15. The lowest BCUT2D eigenvalue weighted by Crippen LogP contribution is -2.64. The zero-order valence-corrected chi connectivity index (χ0v) is 12.6. The molecule has 2 unspecified atom stereocenters. The number of halogens is 3. The smallest absolute Gasteiger partial charge is 0.371 e. The molecule has 0 aromatic carbocycles. The van der Waals surface area contributed by atoms with Crippen molar-refractivity contribution in [3.63, 3.8) is 0 Å². The third-order valence-corrected chi connectivity index (χ3v) is 5.15. The van der Waals surface area contributed by atoms with E-state index in [-0.39, 0.29) is 12.1 Å². The number of hydrogen-bond acceptors (Lipinski definition) is 3. The number of nitrogens with zero attached hydrogens (tertiary/aromatic N) is 1. The predicted molar refractivity (Wildman–Crippen MR) is 74.1 cm³/mol. The van der Waals surface area contributed by atoms with Gasteiger partial charge in [0.2, 0.25) is 0 Å². The van der Waals surface area contributed by atoms with Gasteiger partial charge in [-0.05, 0) is 44.4 Å². The van der Waals surface area contributed by atoms with Crippen LogP contribution in [0, 0.1) is 11.8 Å². The van der Waals surface area contributed by atoms with Crippen LogP contribution in [0.3, 0.4) is 0 Å². The number of nitrogens with one attached hydrogen (secondary N) is 1. The molecule has 1 aliphatic heterocycles. The van der Waals surface area contributed by atoms with Crippen molar-refractivity contribution in [2.75, 3.05) is 32.8 Å². The number of ether oxygens (including phenoxy) is 1. The first kappa shape index (κ1) is 15.6. The van der Waals surface area contributed by atoms with Gasteiger partial charge in [-0.2, -0.15) is 13.2 Å². The van der Waals surface area contributed by atoms with Gasteiger partial charge in [-0.15, -0.1) is 0 Å². The first-order valence-electron chi connectivity index (χ1n) is 8.01.